The van der Waals surface area contributed by atoms with E-state index in [2.05, 4.69) is 29.2 Å². The molecule has 0 bridgehead atoms. The van der Waals surface area contributed by atoms with Gasteiger partial charge in [0.2, 0.25) is 5.76 Å². The highest BCUT2D eigenvalue weighted by Gasteiger charge is 2.22. The number of carbonyl (C=O) groups is 1. The van der Waals surface area contributed by atoms with E-state index in [1.165, 1.54) is 24.8 Å². The summed E-state index contributed by atoms with van der Waals surface area (Å²) >= 11 is 0. The highest BCUT2D eigenvalue weighted by molar-refractivity contribution is 5.86. The Balaban J connectivity index is 1.75. The van der Waals surface area contributed by atoms with Crippen molar-refractivity contribution in [1.82, 2.24) is 4.90 Å². The number of aryl methyl sites for hydroxylation is 1. The molecule has 3 rings (SSSR count). The maximum Gasteiger partial charge on any atom is 0.372 e. The van der Waals surface area contributed by atoms with Crippen molar-refractivity contribution in [1.29, 1.82) is 0 Å². The molecule has 0 radical (unpaired) electrons. The number of carboxylic acid groups (broad SMARTS) is 1. The number of furan rings is 1. The molecule has 4 heteroatoms. The quantitative estimate of drug-likeness (QED) is 0.854. The van der Waals surface area contributed by atoms with E-state index in [4.69, 9.17) is 4.42 Å². The fourth-order valence-electron chi connectivity index (χ4n) is 3.43. The maximum absolute atomic E-state index is 11.2. The van der Waals surface area contributed by atoms with Crippen molar-refractivity contribution in [3.8, 4) is 0 Å². The number of benzene rings is 1. The Bertz CT molecular complexity index is 733. The molecule has 0 aliphatic carbocycles. The Hall–Kier alpha value is -2.33. The van der Waals surface area contributed by atoms with Crippen molar-refractivity contribution < 1.29 is 14.3 Å². The zero-order valence-corrected chi connectivity index (χ0v) is 14.6. The van der Waals surface area contributed by atoms with Gasteiger partial charge in [0.05, 0.1) is 6.54 Å². The summed E-state index contributed by atoms with van der Waals surface area (Å²) in [5, 5.41) is 9.17. The third kappa shape index (κ3) is 4.60. The van der Waals surface area contributed by atoms with Gasteiger partial charge in [-0.2, -0.15) is 0 Å². The van der Waals surface area contributed by atoms with Crippen molar-refractivity contribution in [3.05, 3.63) is 65.1 Å². The van der Waals surface area contributed by atoms with Gasteiger partial charge >= 0.3 is 5.97 Å². The van der Waals surface area contributed by atoms with Gasteiger partial charge in [0.25, 0.3) is 0 Å². The minimum absolute atomic E-state index is 0.0567. The third-order valence-electron chi connectivity index (χ3n) is 4.75. The second-order valence-electron chi connectivity index (χ2n) is 6.69. The molecule has 0 amide bonds. The van der Waals surface area contributed by atoms with Gasteiger partial charge in [-0.25, -0.2) is 4.79 Å². The van der Waals surface area contributed by atoms with Gasteiger partial charge in [0.15, 0.2) is 0 Å². The molecule has 1 aliphatic heterocycles. The summed E-state index contributed by atoms with van der Waals surface area (Å²) < 4.78 is 5.57. The molecule has 2 heterocycles. The molecule has 2 aromatic rings. The normalized spacial score (nSPS) is 19.2. The van der Waals surface area contributed by atoms with Crippen molar-refractivity contribution in [2.24, 2.45) is 0 Å². The van der Waals surface area contributed by atoms with Crippen LogP contribution in [0.2, 0.25) is 0 Å². The molecule has 1 fully saturated rings. The first-order valence-electron chi connectivity index (χ1n) is 8.93. The van der Waals surface area contributed by atoms with E-state index in [0.717, 1.165) is 18.7 Å². The van der Waals surface area contributed by atoms with Crippen LogP contribution in [0.25, 0.3) is 6.08 Å². The summed E-state index contributed by atoms with van der Waals surface area (Å²) in [6.07, 6.45) is 9.20. The standard InChI is InChI=1S/C21H25NO3/c1-16-14-19(25-20(16)21(23)24)15-22-13-7-3-6-10-18(22)12-11-17-8-4-2-5-9-17/h2,4-5,8-9,11-12,14,18H,3,6-7,10,13,15H2,1H3,(H,23,24)/b12-11+. The Morgan fingerprint density at radius 2 is 2.08 bits per heavy atom. The zero-order chi connectivity index (χ0) is 17.6. The number of aromatic carboxylic acids is 1. The lowest BCUT2D eigenvalue weighted by atomic mass is 10.1. The average Bonchev–Trinajstić information content (AvgIpc) is 2.83. The van der Waals surface area contributed by atoms with Crippen molar-refractivity contribution in [2.45, 2.75) is 45.2 Å². The van der Waals surface area contributed by atoms with Crippen molar-refractivity contribution >= 4 is 12.0 Å². The van der Waals surface area contributed by atoms with Crippen LogP contribution in [0.5, 0.6) is 0 Å². The number of carboxylic acids is 1. The first-order valence-corrected chi connectivity index (χ1v) is 8.93. The molecule has 1 atom stereocenters. The summed E-state index contributed by atoms with van der Waals surface area (Å²) in [6.45, 7) is 3.44. The van der Waals surface area contributed by atoms with Gasteiger partial charge in [-0.3, -0.25) is 4.90 Å². The number of hydrogen-bond acceptors (Lipinski definition) is 3. The monoisotopic (exact) mass is 339 g/mol. The van der Waals surface area contributed by atoms with E-state index in [0.29, 0.717) is 18.2 Å². The Morgan fingerprint density at radius 1 is 1.28 bits per heavy atom. The molecule has 1 saturated heterocycles. The summed E-state index contributed by atoms with van der Waals surface area (Å²) in [4.78, 5) is 13.6. The number of nitrogens with zero attached hydrogens (tertiary/aromatic N) is 1. The maximum atomic E-state index is 11.2. The predicted octanol–water partition coefficient (Wildman–Crippen LogP) is 4.74. The van der Waals surface area contributed by atoms with E-state index in [9.17, 15) is 9.90 Å². The Kier molecular flexibility index (Phi) is 5.71. The molecular weight excluding hydrogens is 314 g/mol. The van der Waals surface area contributed by atoms with E-state index in [1.54, 1.807) is 6.92 Å². The molecule has 0 spiro atoms. The zero-order valence-electron chi connectivity index (χ0n) is 14.6. The minimum atomic E-state index is -1.000. The lowest BCUT2D eigenvalue weighted by molar-refractivity contribution is 0.0656. The summed E-state index contributed by atoms with van der Waals surface area (Å²) in [7, 11) is 0. The Labute approximate surface area is 148 Å². The molecule has 1 unspecified atom stereocenters. The molecule has 1 aromatic heterocycles. The highest BCUT2D eigenvalue weighted by atomic mass is 16.4. The smallest absolute Gasteiger partial charge is 0.372 e. The molecule has 4 nitrogen and oxygen atoms in total. The van der Waals surface area contributed by atoms with Crippen LogP contribution in [0, 0.1) is 6.92 Å². The summed E-state index contributed by atoms with van der Waals surface area (Å²) in [5.74, 6) is -0.212. The van der Waals surface area contributed by atoms with Crippen LogP contribution >= 0.6 is 0 Å². The van der Waals surface area contributed by atoms with Gasteiger partial charge in [0.1, 0.15) is 5.76 Å². The van der Waals surface area contributed by atoms with E-state index >= 15 is 0 Å². The topological polar surface area (TPSA) is 53.7 Å². The van der Waals surface area contributed by atoms with Gasteiger partial charge < -0.3 is 9.52 Å². The fourth-order valence-corrected chi connectivity index (χ4v) is 3.43. The van der Waals surface area contributed by atoms with Crippen LogP contribution in [0.4, 0.5) is 0 Å². The van der Waals surface area contributed by atoms with Crippen LogP contribution in [0.15, 0.2) is 46.9 Å². The molecule has 25 heavy (non-hydrogen) atoms. The average molecular weight is 339 g/mol. The van der Waals surface area contributed by atoms with Crippen molar-refractivity contribution in [2.75, 3.05) is 6.54 Å². The first-order chi connectivity index (χ1) is 12.1. The van der Waals surface area contributed by atoms with Crippen LogP contribution in [0.3, 0.4) is 0 Å². The van der Waals surface area contributed by atoms with Gasteiger partial charge in [0, 0.05) is 11.6 Å². The van der Waals surface area contributed by atoms with Gasteiger partial charge in [-0.1, -0.05) is 55.3 Å². The second-order valence-corrected chi connectivity index (χ2v) is 6.69. The minimum Gasteiger partial charge on any atom is -0.475 e. The first kappa shape index (κ1) is 17.5. The van der Waals surface area contributed by atoms with E-state index in [-0.39, 0.29) is 5.76 Å². The van der Waals surface area contributed by atoms with Gasteiger partial charge in [-0.15, -0.1) is 0 Å². The molecule has 0 saturated carbocycles. The number of hydrogen-bond donors (Lipinski definition) is 1. The SMILES string of the molecule is Cc1cc(CN2CCCCCC2/C=C/c2ccccc2)oc1C(=O)O. The second kappa shape index (κ2) is 8.17. The van der Waals surface area contributed by atoms with Gasteiger partial charge in [-0.05, 0) is 37.9 Å². The van der Waals surface area contributed by atoms with Crippen molar-refractivity contribution in [3.63, 3.8) is 0 Å². The lowest BCUT2D eigenvalue weighted by Crippen LogP contribution is -2.32. The summed E-state index contributed by atoms with van der Waals surface area (Å²) in [6, 6.07) is 12.5. The van der Waals surface area contributed by atoms with Crippen LogP contribution in [-0.2, 0) is 6.54 Å². The van der Waals surface area contributed by atoms with E-state index in [1.807, 2.05) is 24.3 Å². The van der Waals surface area contributed by atoms with Crippen LogP contribution in [0.1, 0.15) is 53.1 Å². The van der Waals surface area contributed by atoms with Crippen LogP contribution in [-0.4, -0.2) is 28.6 Å². The molecule has 1 N–H and O–H groups in total. The summed E-state index contributed by atoms with van der Waals surface area (Å²) in [5.41, 5.74) is 1.89. The predicted molar refractivity (Wildman–Crippen MR) is 98.5 cm³/mol. The van der Waals surface area contributed by atoms with E-state index < -0.39 is 5.97 Å². The molecule has 1 aliphatic rings. The lowest BCUT2D eigenvalue weighted by Gasteiger charge is -2.26. The fraction of sp³-hybridized carbons (Fsp3) is 0.381. The highest BCUT2D eigenvalue weighted by Crippen LogP contribution is 2.23. The third-order valence-corrected chi connectivity index (χ3v) is 4.75. The van der Waals surface area contributed by atoms with Crippen LogP contribution < -0.4 is 0 Å². The molecule has 1 aromatic carbocycles. The number of rotatable bonds is 5. The Morgan fingerprint density at radius 3 is 2.80 bits per heavy atom. The molecular formula is C21H25NO3. The molecule has 132 valence electrons. The number of likely N-dealkylation sites (tertiary alicyclic amines) is 1. The largest absolute Gasteiger partial charge is 0.475 e.